The van der Waals surface area contributed by atoms with Gasteiger partial charge in [0.05, 0.1) is 18.8 Å². The van der Waals surface area contributed by atoms with Gasteiger partial charge in [0.2, 0.25) is 5.91 Å². The van der Waals surface area contributed by atoms with E-state index in [0.29, 0.717) is 50.6 Å². The molecule has 0 saturated carbocycles. The number of aliphatic hydroxyl groups is 1. The molecular weight excluding hydrogens is 348 g/mol. The van der Waals surface area contributed by atoms with Crippen LogP contribution >= 0.6 is 0 Å². The third-order valence-electron chi connectivity index (χ3n) is 6.14. The van der Waals surface area contributed by atoms with Gasteiger partial charge in [-0.15, -0.1) is 0 Å². The lowest BCUT2D eigenvalue weighted by Crippen LogP contribution is -2.68. The second kappa shape index (κ2) is 7.22. The van der Waals surface area contributed by atoms with Crippen molar-refractivity contribution >= 4 is 17.5 Å². The summed E-state index contributed by atoms with van der Waals surface area (Å²) in [5, 5.41) is 14.1. The molecule has 3 aliphatic rings. The first-order chi connectivity index (χ1) is 13.0. The molecule has 0 aliphatic carbocycles. The number of carbonyl (C=O) groups is 2. The number of benzene rings is 1. The summed E-state index contributed by atoms with van der Waals surface area (Å²) in [4.78, 5) is 26.5. The van der Waals surface area contributed by atoms with E-state index in [0.717, 1.165) is 6.42 Å². The SMILES string of the molecule is CC(=O)Nc1cccc(C(=O)N2C[C@H]3COCC[C@@]3(O)[C@@H]3COCC[C@@H]32)c1. The minimum Gasteiger partial charge on any atom is -0.389 e. The summed E-state index contributed by atoms with van der Waals surface area (Å²) >= 11 is 0. The first-order valence-corrected chi connectivity index (χ1v) is 9.55. The second-order valence-corrected chi connectivity index (χ2v) is 7.77. The first kappa shape index (κ1) is 18.4. The number of rotatable bonds is 2. The molecule has 3 heterocycles. The second-order valence-electron chi connectivity index (χ2n) is 7.77. The number of amides is 2. The van der Waals surface area contributed by atoms with Crippen LogP contribution in [0.15, 0.2) is 24.3 Å². The van der Waals surface area contributed by atoms with E-state index in [1.165, 1.54) is 6.92 Å². The predicted octanol–water partition coefficient (Wildman–Crippen LogP) is 1.27. The van der Waals surface area contributed by atoms with E-state index in [2.05, 4.69) is 5.32 Å². The minimum absolute atomic E-state index is 0.0463. The van der Waals surface area contributed by atoms with Gasteiger partial charge in [-0.25, -0.2) is 0 Å². The van der Waals surface area contributed by atoms with Gasteiger partial charge in [0.1, 0.15) is 0 Å². The molecule has 0 spiro atoms. The van der Waals surface area contributed by atoms with E-state index >= 15 is 0 Å². The fraction of sp³-hybridized carbons (Fsp3) is 0.600. The van der Waals surface area contributed by atoms with Crippen LogP contribution in [-0.4, -0.2) is 66.4 Å². The molecule has 2 N–H and O–H groups in total. The standard InChI is InChI=1S/C20H26N2O5/c1-13(23)21-16-4-2-3-14(9-16)19(24)22-10-15-11-27-8-6-20(15,25)17-12-26-7-5-18(17)22/h2-4,9,15,17-18,25H,5-8,10-12H2,1H3,(H,21,23)/t15-,17+,18-,20-/m0/s1. The minimum atomic E-state index is -0.835. The molecule has 4 rings (SSSR count). The number of fused-ring (bicyclic) bond motifs is 3. The Balaban J connectivity index is 1.62. The largest absolute Gasteiger partial charge is 0.389 e. The Morgan fingerprint density at radius 2 is 2.07 bits per heavy atom. The molecule has 7 nitrogen and oxygen atoms in total. The number of hydrogen-bond donors (Lipinski definition) is 2. The van der Waals surface area contributed by atoms with Gasteiger partial charge >= 0.3 is 0 Å². The average molecular weight is 374 g/mol. The van der Waals surface area contributed by atoms with Crippen LogP contribution in [0.25, 0.3) is 0 Å². The van der Waals surface area contributed by atoms with Crippen molar-refractivity contribution < 1.29 is 24.2 Å². The Hall–Kier alpha value is -1.96. The van der Waals surface area contributed by atoms with Crippen molar-refractivity contribution in [2.45, 2.75) is 31.4 Å². The van der Waals surface area contributed by atoms with E-state index in [1.807, 2.05) is 4.90 Å². The van der Waals surface area contributed by atoms with Crippen LogP contribution in [0.2, 0.25) is 0 Å². The van der Waals surface area contributed by atoms with Gasteiger partial charge in [-0.05, 0) is 24.6 Å². The molecule has 27 heavy (non-hydrogen) atoms. The number of carbonyl (C=O) groups excluding carboxylic acids is 2. The van der Waals surface area contributed by atoms with E-state index in [4.69, 9.17) is 9.47 Å². The third kappa shape index (κ3) is 3.35. The van der Waals surface area contributed by atoms with Crippen molar-refractivity contribution in [2.24, 2.45) is 11.8 Å². The van der Waals surface area contributed by atoms with Gasteiger partial charge in [-0.1, -0.05) is 6.07 Å². The highest BCUT2D eigenvalue weighted by Gasteiger charge is 2.56. The lowest BCUT2D eigenvalue weighted by atomic mass is 9.66. The molecule has 7 heteroatoms. The zero-order valence-corrected chi connectivity index (χ0v) is 15.5. The van der Waals surface area contributed by atoms with E-state index < -0.39 is 5.60 Å². The molecule has 3 fully saturated rings. The monoisotopic (exact) mass is 374 g/mol. The average Bonchev–Trinajstić information content (AvgIpc) is 2.67. The molecule has 3 saturated heterocycles. The maximum absolute atomic E-state index is 13.3. The third-order valence-corrected chi connectivity index (χ3v) is 6.14. The van der Waals surface area contributed by atoms with Crippen molar-refractivity contribution in [3.63, 3.8) is 0 Å². The van der Waals surface area contributed by atoms with E-state index in [9.17, 15) is 14.7 Å². The Morgan fingerprint density at radius 1 is 1.26 bits per heavy atom. The summed E-state index contributed by atoms with van der Waals surface area (Å²) in [5.74, 6) is -0.466. The van der Waals surface area contributed by atoms with Gasteiger partial charge in [0.15, 0.2) is 0 Å². The number of ether oxygens (including phenoxy) is 2. The Bertz CT molecular complexity index is 739. The molecule has 2 amide bonds. The Morgan fingerprint density at radius 3 is 2.89 bits per heavy atom. The van der Waals surface area contributed by atoms with Crippen molar-refractivity contribution in [1.29, 1.82) is 0 Å². The van der Waals surface area contributed by atoms with Crippen molar-refractivity contribution in [3.05, 3.63) is 29.8 Å². The first-order valence-electron chi connectivity index (χ1n) is 9.55. The Kier molecular flexibility index (Phi) is 4.92. The van der Waals surface area contributed by atoms with Crippen LogP contribution < -0.4 is 5.32 Å². The molecule has 0 aromatic heterocycles. The summed E-state index contributed by atoms with van der Waals surface area (Å²) in [6, 6.07) is 6.95. The number of likely N-dealkylation sites (tertiary alicyclic amines) is 1. The maximum atomic E-state index is 13.3. The molecule has 3 aliphatic heterocycles. The molecule has 4 atom stereocenters. The fourth-order valence-electron chi connectivity index (χ4n) is 4.79. The molecule has 0 radical (unpaired) electrons. The summed E-state index contributed by atoms with van der Waals surface area (Å²) in [7, 11) is 0. The van der Waals surface area contributed by atoms with Gasteiger partial charge in [0.25, 0.3) is 5.91 Å². The smallest absolute Gasteiger partial charge is 0.254 e. The molecular formula is C20H26N2O5. The molecule has 1 aromatic rings. The van der Waals surface area contributed by atoms with Crippen LogP contribution in [0.1, 0.15) is 30.1 Å². The number of piperidine rings is 1. The lowest BCUT2D eigenvalue weighted by molar-refractivity contribution is -0.212. The van der Waals surface area contributed by atoms with Crippen LogP contribution in [0.5, 0.6) is 0 Å². The molecule has 146 valence electrons. The summed E-state index contributed by atoms with van der Waals surface area (Å²) in [6.07, 6.45) is 1.31. The molecule has 0 bridgehead atoms. The highest BCUT2D eigenvalue weighted by atomic mass is 16.5. The van der Waals surface area contributed by atoms with Gasteiger partial charge in [-0.2, -0.15) is 0 Å². The quantitative estimate of drug-likeness (QED) is 0.814. The van der Waals surface area contributed by atoms with E-state index in [1.54, 1.807) is 24.3 Å². The van der Waals surface area contributed by atoms with Crippen LogP contribution in [0, 0.1) is 11.8 Å². The number of anilines is 1. The fourth-order valence-corrected chi connectivity index (χ4v) is 4.79. The van der Waals surface area contributed by atoms with Crippen LogP contribution in [0.4, 0.5) is 5.69 Å². The number of nitrogens with one attached hydrogen (secondary N) is 1. The molecule has 0 unspecified atom stereocenters. The molecule has 1 aromatic carbocycles. The van der Waals surface area contributed by atoms with Crippen molar-refractivity contribution in [1.82, 2.24) is 4.90 Å². The van der Waals surface area contributed by atoms with Crippen molar-refractivity contribution in [3.8, 4) is 0 Å². The van der Waals surface area contributed by atoms with E-state index in [-0.39, 0.29) is 29.7 Å². The zero-order valence-electron chi connectivity index (χ0n) is 15.5. The predicted molar refractivity (Wildman–Crippen MR) is 98.4 cm³/mol. The van der Waals surface area contributed by atoms with Crippen LogP contribution in [0.3, 0.4) is 0 Å². The van der Waals surface area contributed by atoms with Gasteiger partial charge in [-0.3, -0.25) is 9.59 Å². The summed E-state index contributed by atoms with van der Waals surface area (Å²) < 4.78 is 11.3. The zero-order chi connectivity index (χ0) is 19.0. The summed E-state index contributed by atoms with van der Waals surface area (Å²) in [5.41, 5.74) is 0.304. The highest BCUT2D eigenvalue weighted by Crippen LogP contribution is 2.44. The lowest BCUT2D eigenvalue weighted by Gasteiger charge is -2.57. The summed E-state index contributed by atoms with van der Waals surface area (Å²) in [6.45, 7) is 3.97. The van der Waals surface area contributed by atoms with Crippen molar-refractivity contribution in [2.75, 3.05) is 38.3 Å². The highest BCUT2D eigenvalue weighted by molar-refractivity contribution is 5.97. The van der Waals surface area contributed by atoms with Gasteiger partial charge in [0, 0.05) is 62.2 Å². The number of nitrogens with zero attached hydrogens (tertiary/aromatic N) is 1. The van der Waals surface area contributed by atoms with Crippen LogP contribution in [-0.2, 0) is 14.3 Å². The topological polar surface area (TPSA) is 88.1 Å². The number of hydrogen-bond acceptors (Lipinski definition) is 5. The maximum Gasteiger partial charge on any atom is 0.254 e. The Labute approximate surface area is 158 Å². The normalized spacial score (nSPS) is 33.0. The van der Waals surface area contributed by atoms with Gasteiger partial charge < -0.3 is 24.8 Å².